The second kappa shape index (κ2) is 6.89. The summed E-state index contributed by atoms with van der Waals surface area (Å²) in [6.45, 7) is 3.37. The number of benzene rings is 1. The molecule has 0 saturated carbocycles. The number of piperidine rings is 1. The van der Waals surface area contributed by atoms with Crippen LogP contribution in [0.1, 0.15) is 28.8 Å². The van der Waals surface area contributed by atoms with Crippen LogP contribution >= 0.6 is 12.4 Å². The molecule has 2 aromatic rings. The molecule has 2 heterocycles. The molecule has 22 heavy (non-hydrogen) atoms. The van der Waals surface area contributed by atoms with Crippen LogP contribution in [0.3, 0.4) is 0 Å². The first-order valence-electron chi connectivity index (χ1n) is 7.15. The number of amides is 1. The topological polar surface area (TPSA) is 77.0 Å². The molecule has 1 aromatic carbocycles. The standard InChI is InChI=1S/C15H19N5O.ClH/c1-11-7-13(20-10-17-9-18-20)4-5-14(11)15(21)19-6-2-3-12(16)8-19;/h4-5,7,9-10,12H,2-3,6,8,16H2,1H3;1H. The lowest BCUT2D eigenvalue weighted by atomic mass is 10.0. The van der Waals surface area contributed by atoms with E-state index in [-0.39, 0.29) is 24.4 Å². The second-order valence-corrected chi connectivity index (χ2v) is 5.49. The Bertz CT molecular complexity index is 643. The smallest absolute Gasteiger partial charge is 0.254 e. The molecule has 1 atom stereocenters. The van der Waals surface area contributed by atoms with Gasteiger partial charge in [0.2, 0.25) is 0 Å². The van der Waals surface area contributed by atoms with E-state index in [0.717, 1.165) is 36.2 Å². The van der Waals surface area contributed by atoms with Gasteiger partial charge in [-0.3, -0.25) is 4.79 Å². The average Bonchev–Trinajstić information content (AvgIpc) is 3.00. The molecule has 0 radical (unpaired) electrons. The molecule has 1 aromatic heterocycles. The molecule has 0 bridgehead atoms. The van der Waals surface area contributed by atoms with Crippen molar-refractivity contribution < 1.29 is 4.79 Å². The first-order valence-corrected chi connectivity index (χ1v) is 7.15. The summed E-state index contributed by atoms with van der Waals surface area (Å²) in [5.41, 5.74) is 8.52. The molecule has 6 nitrogen and oxygen atoms in total. The van der Waals surface area contributed by atoms with Crippen molar-refractivity contribution in [3.63, 3.8) is 0 Å². The molecule has 118 valence electrons. The van der Waals surface area contributed by atoms with Crippen LogP contribution < -0.4 is 5.73 Å². The fourth-order valence-electron chi connectivity index (χ4n) is 2.74. The highest BCUT2D eigenvalue weighted by atomic mass is 35.5. The maximum absolute atomic E-state index is 12.6. The lowest BCUT2D eigenvalue weighted by Gasteiger charge is -2.31. The third kappa shape index (κ3) is 3.28. The van der Waals surface area contributed by atoms with Crippen molar-refractivity contribution in [2.24, 2.45) is 5.73 Å². The molecular formula is C15H20ClN5O. The molecule has 0 spiro atoms. The van der Waals surface area contributed by atoms with Crippen molar-refractivity contribution in [3.8, 4) is 5.69 Å². The maximum Gasteiger partial charge on any atom is 0.254 e. The molecule has 2 N–H and O–H groups in total. The monoisotopic (exact) mass is 321 g/mol. The molecule has 1 saturated heterocycles. The number of hydrogen-bond donors (Lipinski definition) is 1. The van der Waals surface area contributed by atoms with Gasteiger partial charge in [0.25, 0.3) is 5.91 Å². The summed E-state index contributed by atoms with van der Waals surface area (Å²) in [6.07, 6.45) is 5.10. The average molecular weight is 322 g/mol. The number of hydrogen-bond acceptors (Lipinski definition) is 4. The number of carbonyl (C=O) groups is 1. The van der Waals surface area contributed by atoms with Gasteiger partial charge in [-0.05, 0) is 43.5 Å². The molecule has 1 fully saturated rings. The highest BCUT2D eigenvalue weighted by molar-refractivity contribution is 5.96. The van der Waals surface area contributed by atoms with Crippen LogP contribution in [0.15, 0.2) is 30.9 Å². The number of nitrogens with zero attached hydrogens (tertiary/aromatic N) is 4. The van der Waals surface area contributed by atoms with Gasteiger partial charge in [0.1, 0.15) is 12.7 Å². The van der Waals surface area contributed by atoms with E-state index in [2.05, 4.69) is 10.1 Å². The molecule has 0 aliphatic carbocycles. The zero-order chi connectivity index (χ0) is 14.8. The van der Waals surface area contributed by atoms with Crippen molar-refractivity contribution in [2.45, 2.75) is 25.8 Å². The fraction of sp³-hybridized carbons (Fsp3) is 0.400. The van der Waals surface area contributed by atoms with Crippen molar-refractivity contribution in [1.82, 2.24) is 19.7 Å². The van der Waals surface area contributed by atoms with E-state index in [0.29, 0.717) is 6.54 Å². The van der Waals surface area contributed by atoms with Crippen LogP contribution in [0, 0.1) is 6.92 Å². The predicted octanol–water partition coefficient (Wildman–Crippen LogP) is 1.56. The molecular weight excluding hydrogens is 302 g/mol. The van der Waals surface area contributed by atoms with Crippen LogP contribution in [-0.4, -0.2) is 44.7 Å². The highest BCUT2D eigenvalue weighted by Gasteiger charge is 2.23. The Morgan fingerprint density at radius 3 is 2.86 bits per heavy atom. The summed E-state index contributed by atoms with van der Waals surface area (Å²) in [7, 11) is 0. The third-order valence-corrected chi connectivity index (χ3v) is 3.87. The van der Waals surface area contributed by atoms with Crippen molar-refractivity contribution >= 4 is 18.3 Å². The Balaban J connectivity index is 0.00000176. The number of nitrogens with two attached hydrogens (primary N) is 1. The number of carbonyl (C=O) groups excluding carboxylic acids is 1. The Hall–Kier alpha value is -1.92. The van der Waals surface area contributed by atoms with Gasteiger partial charge in [0.15, 0.2) is 0 Å². The van der Waals surface area contributed by atoms with Gasteiger partial charge in [0.05, 0.1) is 5.69 Å². The number of likely N-dealkylation sites (tertiary alicyclic amines) is 1. The third-order valence-electron chi connectivity index (χ3n) is 3.87. The summed E-state index contributed by atoms with van der Waals surface area (Å²) in [5.74, 6) is 0.0628. The van der Waals surface area contributed by atoms with Gasteiger partial charge in [-0.1, -0.05) is 0 Å². The van der Waals surface area contributed by atoms with Gasteiger partial charge < -0.3 is 10.6 Å². The molecule has 1 aliphatic rings. The van der Waals surface area contributed by atoms with Gasteiger partial charge in [-0.15, -0.1) is 12.4 Å². The highest BCUT2D eigenvalue weighted by Crippen LogP contribution is 2.18. The van der Waals surface area contributed by atoms with Crippen LogP contribution in [0.5, 0.6) is 0 Å². The van der Waals surface area contributed by atoms with E-state index in [1.165, 1.54) is 6.33 Å². The van der Waals surface area contributed by atoms with E-state index < -0.39 is 0 Å². The van der Waals surface area contributed by atoms with Gasteiger partial charge in [-0.2, -0.15) is 5.10 Å². The maximum atomic E-state index is 12.6. The lowest BCUT2D eigenvalue weighted by molar-refractivity contribution is 0.0708. The largest absolute Gasteiger partial charge is 0.337 e. The minimum atomic E-state index is 0. The first-order chi connectivity index (χ1) is 10.1. The van der Waals surface area contributed by atoms with E-state index in [1.54, 1.807) is 11.0 Å². The van der Waals surface area contributed by atoms with E-state index in [1.807, 2.05) is 30.0 Å². The van der Waals surface area contributed by atoms with Gasteiger partial charge in [-0.25, -0.2) is 9.67 Å². The van der Waals surface area contributed by atoms with Gasteiger partial charge in [0, 0.05) is 24.7 Å². The summed E-state index contributed by atoms with van der Waals surface area (Å²) in [5, 5.41) is 4.10. The first kappa shape index (κ1) is 16.5. The summed E-state index contributed by atoms with van der Waals surface area (Å²) in [6, 6.07) is 5.79. The fourth-order valence-corrected chi connectivity index (χ4v) is 2.74. The normalized spacial score (nSPS) is 17.9. The summed E-state index contributed by atoms with van der Waals surface area (Å²) in [4.78, 5) is 18.4. The Labute approximate surface area is 135 Å². The second-order valence-electron chi connectivity index (χ2n) is 5.49. The molecule has 7 heteroatoms. The van der Waals surface area contributed by atoms with Crippen LogP contribution in [0.25, 0.3) is 5.69 Å². The Morgan fingerprint density at radius 1 is 1.41 bits per heavy atom. The minimum Gasteiger partial charge on any atom is -0.337 e. The number of aryl methyl sites for hydroxylation is 1. The SMILES string of the molecule is Cc1cc(-n2cncn2)ccc1C(=O)N1CCCC(N)C1.Cl. The van der Waals surface area contributed by atoms with Crippen LogP contribution in [0.2, 0.25) is 0 Å². The van der Waals surface area contributed by atoms with E-state index in [9.17, 15) is 4.79 Å². The van der Waals surface area contributed by atoms with E-state index >= 15 is 0 Å². The van der Waals surface area contributed by atoms with Crippen molar-refractivity contribution in [2.75, 3.05) is 13.1 Å². The quantitative estimate of drug-likeness (QED) is 0.910. The van der Waals surface area contributed by atoms with Crippen LogP contribution in [-0.2, 0) is 0 Å². The zero-order valence-corrected chi connectivity index (χ0v) is 13.3. The molecule has 1 unspecified atom stereocenters. The van der Waals surface area contributed by atoms with Crippen molar-refractivity contribution in [1.29, 1.82) is 0 Å². The van der Waals surface area contributed by atoms with Gasteiger partial charge >= 0.3 is 0 Å². The number of rotatable bonds is 2. The zero-order valence-electron chi connectivity index (χ0n) is 12.5. The van der Waals surface area contributed by atoms with Crippen molar-refractivity contribution in [3.05, 3.63) is 42.0 Å². The predicted molar refractivity (Wildman–Crippen MR) is 86.5 cm³/mol. The minimum absolute atomic E-state index is 0. The lowest BCUT2D eigenvalue weighted by Crippen LogP contribution is -2.45. The molecule has 1 aliphatic heterocycles. The Morgan fingerprint density at radius 2 is 2.23 bits per heavy atom. The Kier molecular flexibility index (Phi) is 5.15. The number of halogens is 1. The van der Waals surface area contributed by atoms with Crippen LogP contribution in [0.4, 0.5) is 0 Å². The summed E-state index contributed by atoms with van der Waals surface area (Å²) >= 11 is 0. The number of aromatic nitrogens is 3. The molecule has 3 rings (SSSR count). The molecule has 1 amide bonds. The van der Waals surface area contributed by atoms with E-state index in [4.69, 9.17) is 5.73 Å². The summed E-state index contributed by atoms with van der Waals surface area (Å²) < 4.78 is 1.68.